The lowest BCUT2D eigenvalue weighted by Crippen LogP contribution is -2.52. The summed E-state index contributed by atoms with van der Waals surface area (Å²) in [5.74, 6) is -0.998. The van der Waals surface area contributed by atoms with Crippen molar-refractivity contribution in [3.63, 3.8) is 0 Å². The Hall–Kier alpha value is -4.06. The molecule has 3 heterocycles. The van der Waals surface area contributed by atoms with Crippen LogP contribution >= 0.6 is 0 Å². The third kappa shape index (κ3) is 12.8. The van der Waals surface area contributed by atoms with Crippen molar-refractivity contribution in [2.75, 3.05) is 46.0 Å². The minimum atomic E-state index is -0.927. The summed E-state index contributed by atoms with van der Waals surface area (Å²) in [6.45, 7) is 10.2. The highest BCUT2D eigenvalue weighted by atomic mass is 16.6. The quantitative estimate of drug-likeness (QED) is 0.213. The van der Waals surface area contributed by atoms with Crippen molar-refractivity contribution in [3.05, 3.63) is 72.0 Å². The van der Waals surface area contributed by atoms with Crippen molar-refractivity contribution in [2.24, 2.45) is 0 Å². The van der Waals surface area contributed by atoms with Gasteiger partial charge in [0.25, 0.3) is 0 Å². The highest BCUT2D eigenvalue weighted by molar-refractivity contribution is 5.90. The van der Waals surface area contributed by atoms with Crippen LogP contribution in [0.15, 0.2) is 65.3 Å². The van der Waals surface area contributed by atoms with Crippen LogP contribution in [0.2, 0.25) is 0 Å². The molecule has 1 aromatic heterocycles. The largest absolute Gasteiger partial charge is 0.464 e. The maximum Gasteiger partial charge on any atom is 0.243 e. The summed E-state index contributed by atoms with van der Waals surface area (Å²) in [4.78, 5) is 49.5. The van der Waals surface area contributed by atoms with E-state index in [1.165, 1.54) is 6.54 Å². The van der Waals surface area contributed by atoms with Crippen molar-refractivity contribution < 1.29 is 33.1 Å². The fraction of sp³-hybridized carbons (Fsp3) is 0.438. The van der Waals surface area contributed by atoms with Gasteiger partial charge in [-0.15, -0.1) is 0 Å². The molecule has 0 spiro atoms. The Bertz CT molecular complexity index is 1270. The smallest absolute Gasteiger partial charge is 0.243 e. The van der Waals surface area contributed by atoms with E-state index in [0.29, 0.717) is 30.8 Å². The number of carbonyl (C=O) groups excluding carboxylic acids is 4. The molecule has 0 saturated carbocycles. The number of carbonyl (C=O) groups is 4. The van der Waals surface area contributed by atoms with E-state index in [1.54, 1.807) is 12.3 Å². The van der Waals surface area contributed by atoms with Crippen LogP contribution in [0.1, 0.15) is 25.0 Å². The molecule has 2 aliphatic rings. The third-order valence-corrected chi connectivity index (χ3v) is 6.80. The molecule has 3 aromatic rings. The van der Waals surface area contributed by atoms with Gasteiger partial charge >= 0.3 is 0 Å². The molecule has 3 atom stereocenters. The molecular weight excluding hydrogens is 552 g/mol. The van der Waals surface area contributed by atoms with Crippen LogP contribution in [-0.4, -0.2) is 93.6 Å². The normalized spacial score (nSPS) is 17.1. The van der Waals surface area contributed by atoms with Gasteiger partial charge in [-0.1, -0.05) is 43.3 Å². The van der Waals surface area contributed by atoms with Crippen molar-refractivity contribution in [3.8, 4) is 0 Å². The number of hydrogen-bond donors (Lipinski definition) is 3. The molecule has 0 radical (unpaired) electrons. The first-order valence-electron chi connectivity index (χ1n) is 14.6. The first-order chi connectivity index (χ1) is 20.9. The van der Waals surface area contributed by atoms with Crippen LogP contribution in [0.25, 0.3) is 11.0 Å². The van der Waals surface area contributed by atoms with E-state index in [-0.39, 0.29) is 13.0 Å². The highest BCUT2D eigenvalue weighted by Crippen LogP contribution is 2.18. The van der Waals surface area contributed by atoms with Gasteiger partial charge in [-0.2, -0.15) is 0 Å². The fourth-order valence-corrected chi connectivity index (χ4v) is 4.27. The Kier molecular flexibility index (Phi) is 14.4. The molecule has 2 unspecified atom stereocenters. The number of furan rings is 1. The molecule has 2 aromatic carbocycles. The Labute approximate surface area is 252 Å². The number of nitrogens with zero attached hydrogens (tertiary/aromatic N) is 1. The number of nitrogens with one attached hydrogen (secondary N) is 3. The maximum absolute atomic E-state index is 12.9. The standard InChI is InChI=1S/C23H23N3O5.C6H13NO.C3H6O/c27-14-19(11-16-4-2-1-3-5-16)25-23(30)20(26-22(29)13-24-15-28)12-17-6-7-21-18(10-17)8-9-31-21;1-2-7-3-5-8-6-4-7;1-3-2-4-3/h1-10,14-15,19-20H,11-13H2,(H,24,28)(H,25,30)(H,26,29);2-6H2,1H3;3H,2H2,1H3/t19-,20?;;/m0../s1. The molecule has 0 bridgehead atoms. The lowest BCUT2D eigenvalue weighted by Gasteiger charge is -2.24. The Morgan fingerprint density at radius 1 is 1.00 bits per heavy atom. The van der Waals surface area contributed by atoms with E-state index < -0.39 is 23.9 Å². The zero-order valence-electron chi connectivity index (χ0n) is 24.8. The first-order valence-corrected chi connectivity index (χ1v) is 14.6. The summed E-state index contributed by atoms with van der Waals surface area (Å²) >= 11 is 0. The molecular formula is C32H42N4O7. The molecule has 3 N–H and O–H groups in total. The number of epoxide rings is 1. The van der Waals surface area contributed by atoms with E-state index in [4.69, 9.17) is 13.9 Å². The van der Waals surface area contributed by atoms with Gasteiger partial charge in [0.15, 0.2) is 0 Å². The van der Waals surface area contributed by atoms with E-state index in [0.717, 1.165) is 49.4 Å². The second kappa shape index (κ2) is 18.5. The van der Waals surface area contributed by atoms with Gasteiger partial charge in [0.2, 0.25) is 18.2 Å². The van der Waals surface area contributed by atoms with Gasteiger partial charge in [-0.05, 0) is 49.2 Å². The zero-order chi connectivity index (χ0) is 30.9. The number of rotatable bonds is 12. The third-order valence-electron chi connectivity index (χ3n) is 6.80. The van der Waals surface area contributed by atoms with Crippen molar-refractivity contribution in [1.29, 1.82) is 0 Å². The number of benzene rings is 2. The zero-order valence-corrected chi connectivity index (χ0v) is 24.8. The highest BCUT2D eigenvalue weighted by Gasteiger charge is 2.24. The number of aldehydes is 1. The van der Waals surface area contributed by atoms with Crippen LogP contribution in [0.5, 0.6) is 0 Å². The molecule has 2 fully saturated rings. The second-order valence-electron chi connectivity index (χ2n) is 10.2. The molecule has 2 aliphatic heterocycles. The number of likely N-dealkylation sites (N-methyl/N-ethyl adjacent to an activating group) is 1. The summed E-state index contributed by atoms with van der Waals surface area (Å²) < 4.78 is 15.2. The topological polar surface area (TPSA) is 143 Å². The summed E-state index contributed by atoms with van der Waals surface area (Å²) in [6, 6.07) is 14.9. The van der Waals surface area contributed by atoms with Gasteiger partial charge in [-0.3, -0.25) is 19.3 Å². The van der Waals surface area contributed by atoms with E-state index in [1.807, 2.05) is 48.5 Å². The Morgan fingerprint density at radius 3 is 2.33 bits per heavy atom. The summed E-state index contributed by atoms with van der Waals surface area (Å²) in [5.41, 5.74) is 2.43. The Balaban J connectivity index is 0.000000347. The molecule has 2 saturated heterocycles. The van der Waals surface area contributed by atoms with Crippen LogP contribution < -0.4 is 16.0 Å². The average molecular weight is 595 g/mol. The molecule has 11 nitrogen and oxygen atoms in total. The molecule has 0 aliphatic carbocycles. The lowest BCUT2D eigenvalue weighted by atomic mass is 10.0. The minimum absolute atomic E-state index is 0.205. The molecule has 232 valence electrons. The number of hydrogen-bond acceptors (Lipinski definition) is 8. The van der Waals surface area contributed by atoms with Gasteiger partial charge in [0, 0.05) is 24.9 Å². The number of morpholine rings is 1. The van der Waals surface area contributed by atoms with Crippen LogP contribution in [0.4, 0.5) is 0 Å². The predicted octanol–water partition coefficient (Wildman–Crippen LogP) is 1.88. The van der Waals surface area contributed by atoms with Crippen molar-refractivity contribution in [2.45, 2.75) is 44.9 Å². The Morgan fingerprint density at radius 2 is 1.72 bits per heavy atom. The predicted molar refractivity (Wildman–Crippen MR) is 162 cm³/mol. The molecule has 3 amide bonds. The first kappa shape index (κ1) is 33.4. The average Bonchev–Trinajstić information content (AvgIpc) is 3.68. The molecule has 43 heavy (non-hydrogen) atoms. The minimum Gasteiger partial charge on any atom is -0.464 e. The van der Waals surface area contributed by atoms with E-state index in [2.05, 4.69) is 34.7 Å². The summed E-state index contributed by atoms with van der Waals surface area (Å²) in [5, 5.41) is 8.47. The number of amides is 3. The van der Waals surface area contributed by atoms with Crippen LogP contribution in [-0.2, 0) is 41.5 Å². The fourth-order valence-electron chi connectivity index (χ4n) is 4.27. The van der Waals surface area contributed by atoms with Crippen molar-refractivity contribution >= 4 is 35.5 Å². The lowest BCUT2D eigenvalue weighted by molar-refractivity contribution is -0.130. The summed E-state index contributed by atoms with van der Waals surface area (Å²) in [7, 11) is 0. The monoisotopic (exact) mass is 594 g/mol. The number of ether oxygens (including phenoxy) is 2. The van der Waals surface area contributed by atoms with Crippen molar-refractivity contribution in [1.82, 2.24) is 20.9 Å². The molecule has 11 heteroatoms. The molecule has 5 rings (SSSR count). The summed E-state index contributed by atoms with van der Waals surface area (Å²) in [6.07, 6.45) is 3.78. The van der Waals surface area contributed by atoms with E-state index in [9.17, 15) is 19.2 Å². The van der Waals surface area contributed by atoms with Gasteiger partial charge < -0.3 is 34.6 Å². The van der Waals surface area contributed by atoms with Gasteiger partial charge in [0.05, 0.1) is 44.8 Å². The van der Waals surface area contributed by atoms with E-state index >= 15 is 0 Å². The van der Waals surface area contributed by atoms with Gasteiger partial charge in [0.1, 0.15) is 17.9 Å². The van der Waals surface area contributed by atoms with Crippen LogP contribution in [0, 0.1) is 0 Å². The SMILES string of the molecule is CC1CO1.CCN1CCOCC1.O=CNCC(=O)NC(Cc1ccc2occc2c1)C(=O)N[C@H](C=O)Cc1ccccc1. The van der Waals surface area contributed by atoms with Gasteiger partial charge in [-0.25, -0.2) is 0 Å². The van der Waals surface area contributed by atoms with Crippen LogP contribution in [0.3, 0.4) is 0 Å². The number of fused-ring (bicyclic) bond motifs is 1. The second-order valence-corrected chi connectivity index (χ2v) is 10.2. The maximum atomic E-state index is 12.9.